The van der Waals surface area contributed by atoms with Gasteiger partial charge in [0.1, 0.15) is 5.82 Å². The normalized spacial score (nSPS) is 19.7. The van der Waals surface area contributed by atoms with Crippen LogP contribution in [0.15, 0.2) is 22.7 Å². The molecule has 2 aromatic rings. The van der Waals surface area contributed by atoms with Gasteiger partial charge in [0.05, 0.1) is 0 Å². The molecule has 6 nitrogen and oxygen atoms in total. The summed E-state index contributed by atoms with van der Waals surface area (Å²) in [6.07, 6.45) is 1.71. The van der Waals surface area contributed by atoms with Gasteiger partial charge in [-0.25, -0.2) is 4.39 Å². The minimum atomic E-state index is -0.307. The number of carbonyl (C=O) groups excluding carboxylic acids is 1. The van der Waals surface area contributed by atoms with Crippen LogP contribution in [0.4, 0.5) is 4.39 Å². The van der Waals surface area contributed by atoms with E-state index in [0.717, 1.165) is 19.5 Å². The van der Waals surface area contributed by atoms with E-state index >= 15 is 0 Å². The molecule has 3 rings (SSSR count). The number of piperidine rings is 1. The molecule has 0 aliphatic carbocycles. The Balaban J connectivity index is 0.00000243. The number of hydrogen-bond acceptors (Lipinski definition) is 5. The molecule has 1 aliphatic heterocycles. The van der Waals surface area contributed by atoms with Crippen molar-refractivity contribution in [3.05, 3.63) is 35.5 Å². The Bertz CT molecular complexity index is 753. The quantitative estimate of drug-likeness (QED) is 0.831. The van der Waals surface area contributed by atoms with Crippen LogP contribution < -0.4 is 10.6 Å². The molecular weight excluding hydrogens is 359 g/mol. The zero-order valence-electron chi connectivity index (χ0n) is 14.9. The topological polar surface area (TPSA) is 80.0 Å². The molecule has 1 fully saturated rings. The fourth-order valence-electron chi connectivity index (χ4n) is 2.89. The Labute approximate surface area is 158 Å². The minimum absolute atomic E-state index is 0. The summed E-state index contributed by atoms with van der Waals surface area (Å²) in [5.41, 5.74) is 1.13. The van der Waals surface area contributed by atoms with Crippen LogP contribution in [0, 0.1) is 18.7 Å². The molecule has 2 atom stereocenters. The summed E-state index contributed by atoms with van der Waals surface area (Å²) in [6, 6.07) is 4.97. The van der Waals surface area contributed by atoms with Gasteiger partial charge in [0.15, 0.2) is 0 Å². The summed E-state index contributed by atoms with van der Waals surface area (Å²) >= 11 is 0. The van der Waals surface area contributed by atoms with Gasteiger partial charge in [-0.1, -0.05) is 24.2 Å². The Morgan fingerprint density at radius 2 is 2.27 bits per heavy atom. The van der Waals surface area contributed by atoms with E-state index < -0.39 is 0 Å². The van der Waals surface area contributed by atoms with Crippen molar-refractivity contribution in [1.29, 1.82) is 0 Å². The van der Waals surface area contributed by atoms with E-state index in [2.05, 4.69) is 27.7 Å². The average Bonchev–Trinajstić information content (AvgIpc) is 3.07. The van der Waals surface area contributed by atoms with E-state index in [1.807, 2.05) is 0 Å². The zero-order chi connectivity index (χ0) is 17.8. The van der Waals surface area contributed by atoms with Gasteiger partial charge in [0.2, 0.25) is 17.6 Å². The molecule has 2 N–H and O–H groups in total. The van der Waals surface area contributed by atoms with Crippen LogP contribution in [0.2, 0.25) is 0 Å². The molecule has 26 heavy (non-hydrogen) atoms. The van der Waals surface area contributed by atoms with E-state index in [0.29, 0.717) is 35.2 Å². The predicted octanol–water partition coefficient (Wildman–Crippen LogP) is 2.65. The molecule has 1 aliphatic rings. The summed E-state index contributed by atoms with van der Waals surface area (Å²) in [5, 5.41) is 10.2. The van der Waals surface area contributed by atoms with Crippen molar-refractivity contribution in [2.45, 2.75) is 39.2 Å². The molecule has 0 radical (unpaired) electrons. The smallest absolute Gasteiger partial charge is 0.227 e. The van der Waals surface area contributed by atoms with Crippen LogP contribution in [-0.2, 0) is 11.2 Å². The fourth-order valence-corrected chi connectivity index (χ4v) is 2.89. The Kier molecular flexibility index (Phi) is 7.11. The van der Waals surface area contributed by atoms with Crippen molar-refractivity contribution >= 4 is 18.3 Å². The van der Waals surface area contributed by atoms with E-state index in [9.17, 15) is 9.18 Å². The number of aromatic nitrogens is 2. The molecule has 142 valence electrons. The van der Waals surface area contributed by atoms with Gasteiger partial charge >= 0.3 is 0 Å². The fraction of sp³-hybridized carbons (Fsp3) is 0.500. The second kappa shape index (κ2) is 9.09. The first kappa shape index (κ1) is 20.3. The van der Waals surface area contributed by atoms with E-state index in [1.165, 1.54) is 6.07 Å². The van der Waals surface area contributed by atoms with Crippen molar-refractivity contribution in [1.82, 2.24) is 20.8 Å². The van der Waals surface area contributed by atoms with Gasteiger partial charge in [-0.15, -0.1) is 12.4 Å². The average molecular weight is 383 g/mol. The second-order valence-corrected chi connectivity index (χ2v) is 6.62. The molecule has 1 saturated heterocycles. The molecule has 8 heteroatoms. The minimum Gasteiger partial charge on any atom is -0.352 e. The standard InChI is InChI=1S/C18H23FN4O2.ClH/c1-11-3-4-13(9-14(11)19)18-22-17(25-23-18)6-5-16(24)21-15-10-20-8-7-12(15)2;/h3-4,9,12,15,20H,5-8,10H2,1-2H3,(H,21,24);1H. The molecule has 0 saturated carbocycles. The summed E-state index contributed by atoms with van der Waals surface area (Å²) in [5.74, 6) is 0.845. The Hall–Kier alpha value is -1.99. The molecule has 2 heterocycles. The van der Waals surface area contributed by atoms with Crippen molar-refractivity contribution in [2.24, 2.45) is 5.92 Å². The first-order valence-electron chi connectivity index (χ1n) is 8.62. The number of rotatable bonds is 5. The predicted molar refractivity (Wildman–Crippen MR) is 98.6 cm³/mol. The number of benzene rings is 1. The van der Waals surface area contributed by atoms with Crippen LogP contribution in [0.3, 0.4) is 0 Å². The van der Waals surface area contributed by atoms with Crippen molar-refractivity contribution < 1.29 is 13.7 Å². The van der Waals surface area contributed by atoms with Gasteiger partial charge in [0.25, 0.3) is 0 Å². The third-order valence-electron chi connectivity index (χ3n) is 4.64. The first-order chi connectivity index (χ1) is 12.0. The number of carbonyl (C=O) groups is 1. The second-order valence-electron chi connectivity index (χ2n) is 6.62. The SMILES string of the molecule is Cc1ccc(-c2noc(CCC(=O)NC3CNCCC3C)n2)cc1F.Cl. The summed E-state index contributed by atoms with van der Waals surface area (Å²) in [4.78, 5) is 16.4. The van der Waals surface area contributed by atoms with Gasteiger partial charge < -0.3 is 15.2 Å². The highest BCUT2D eigenvalue weighted by Gasteiger charge is 2.22. The van der Waals surface area contributed by atoms with Crippen molar-refractivity contribution in [3.63, 3.8) is 0 Å². The number of halogens is 2. The highest BCUT2D eigenvalue weighted by atomic mass is 35.5. The number of aryl methyl sites for hydroxylation is 2. The largest absolute Gasteiger partial charge is 0.352 e. The lowest BCUT2D eigenvalue weighted by atomic mass is 9.95. The molecule has 1 amide bonds. The van der Waals surface area contributed by atoms with Crippen LogP contribution in [0.25, 0.3) is 11.4 Å². The van der Waals surface area contributed by atoms with Gasteiger partial charge in [-0.3, -0.25) is 4.79 Å². The van der Waals surface area contributed by atoms with Crippen LogP contribution in [0.1, 0.15) is 31.2 Å². The highest BCUT2D eigenvalue weighted by molar-refractivity contribution is 5.85. The van der Waals surface area contributed by atoms with Crippen LogP contribution >= 0.6 is 12.4 Å². The maximum atomic E-state index is 13.6. The van der Waals surface area contributed by atoms with E-state index in [4.69, 9.17) is 4.52 Å². The summed E-state index contributed by atoms with van der Waals surface area (Å²) < 4.78 is 18.8. The highest BCUT2D eigenvalue weighted by Crippen LogP contribution is 2.19. The number of nitrogens with one attached hydrogen (secondary N) is 2. The lowest BCUT2D eigenvalue weighted by Crippen LogP contribution is -2.50. The first-order valence-corrected chi connectivity index (χ1v) is 8.62. The summed E-state index contributed by atoms with van der Waals surface area (Å²) in [7, 11) is 0. The molecular formula is C18H24ClFN4O2. The molecule has 0 spiro atoms. The molecule has 1 aromatic carbocycles. The van der Waals surface area contributed by atoms with Gasteiger partial charge in [-0.05, 0) is 37.4 Å². The van der Waals surface area contributed by atoms with Crippen molar-refractivity contribution in [3.8, 4) is 11.4 Å². The van der Waals surface area contributed by atoms with Gasteiger partial charge in [0, 0.05) is 31.0 Å². The van der Waals surface area contributed by atoms with E-state index in [-0.39, 0.29) is 36.6 Å². The van der Waals surface area contributed by atoms with Crippen molar-refractivity contribution in [2.75, 3.05) is 13.1 Å². The third kappa shape index (κ3) is 5.02. The number of nitrogens with zero attached hydrogens (tertiary/aromatic N) is 2. The van der Waals surface area contributed by atoms with Crippen LogP contribution in [0.5, 0.6) is 0 Å². The molecule has 1 aromatic heterocycles. The number of hydrogen-bond donors (Lipinski definition) is 2. The van der Waals surface area contributed by atoms with Crippen LogP contribution in [-0.4, -0.2) is 35.2 Å². The Morgan fingerprint density at radius 1 is 1.46 bits per heavy atom. The van der Waals surface area contributed by atoms with Gasteiger partial charge in [-0.2, -0.15) is 4.98 Å². The lowest BCUT2D eigenvalue weighted by Gasteiger charge is -2.30. The zero-order valence-corrected chi connectivity index (χ0v) is 15.7. The monoisotopic (exact) mass is 382 g/mol. The Morgan fingerprint density at radius 3 is 3.00 bits per heavy atom. The molecule has 2 unspecified atom stereocenters. The lowest BCUT2D eigenvalue weighted by molar-refractivity contribution is -0.122. The maximum absolute atomic E-state index is 13.6. The van der Waals surface area contributed by atoms with E-state index in [1.54, 1.807) is 19.1 Å². The molecule has 0 bridgehead atoms. The summed E-state index contributed by atoms with van der Waals surface area (Å²) in [6.45, 7) is 5.65. The number of amides is 1. The maximum Gasteiger partial charge on any atom is 0.227 e. The third-order valence-corrected chi connectivity index (χ3v) is 4.64.